The van der Waals surface area contributed by atoms with Crippen molar-refractivity contribution in [1.82, 2.24) is 5.43 Å². The van der Waals surface area contributed by atoms with E-state index in [9.17, 15) is 4.79 Å². The van der Waals surface area contributed by atoms with E-state index in [1.807, 2.05) is 30.3 Å². The standard InChI is InChI=1S/C18H16N2O3/c1-12(17-11-14-5-3-4-6-16(14)23-17)19-20-18(21)13-7-9-15(22-2)10-8-13/h3-11H,1-2H3,(H,20,21)/b19-12-. The van der Waals surface area contributed by atoms with Crippen molar-refractivity contribution in [2.75, 3.05) is 7.11 Å². The van der Waals surface area contributed by atoms with Crippen LogP contribution in [0.5, 0.6) is 5.75 Å². The molecular weight excluding hydrogens is 292 g/mol. The molecule has 0 spiro atoms. The molecule has 2 aromatic carbocycles. The Hall–Kier alpha value is -3.08. The first-order chi connectivity index (χ1) is 11.2. The van der Waals surface area contributed by atoms with Gasteiger partial charge >= 0.3 is 0 Å². The van der Waals surface area contributed by atoms with Gasteiger partial charge in [0.1, 0.15) is 17.0 Å². The van der Waals surface area contributed by atoms with Gasteiger partial charge in [-0.25, -0.2) is 5.43 Å². The Morgan fingerprint density at radius 2 is 1.87 bits per heavy atom. The first-order valence-corrected chi connectivity index (χ1v) is 7.15. The van der Waals surface area contributed by atoms with Crippen molar-refractivity contribution < 1.29 is 13.9 Å². The van der Waals surface area contributed by atoms with Gasteiger partial charge in [0.25, 0.3) is 5.91 Å². The number of furan rings is 1. The number of para-hydroxylation sites is 1. The van der Waals surface area contributed by atoms with E-state index in [1.165, 1.54) is 0 Å². The molecule has 0 atom stereocenters. The Morgan fingerprint density at radius 1 is 1.13 bits per heavy atom. The minimum Gasteiger partial charge on any atom is -0.497 e. The number of hydrazone groups is 1. The van der Waals surface area contributed by atoms with E-state index in [0.717, 1.165) is 11.0 Å². The summed E-state index contributed by atoms with van der Waals surface area (Å²) in [6.45, 7) is 1.78. The minimum atomic E-state index is -0.289. The van der Waals surface area contributed by atoms with Crippen LogP contribution in [0.3, 0.4) is 0 Å². The average Bonchev–Trinajstić information content (AvgIpc) is 3.03. The Labute approximate surface area is 133 Å². The average molecular weight is 308 g/mol. The zero-order chi connectivity index (χ0) is 16.2. The maximum Gasteiger partial charge on any atom is 0.271 e. The molecule has 0 saturated carbocycles. The first-order valence-electron chi connectivity index (χ1n) is 7.15. The number of hydrogen-bond acceptors (Lipinski definition) is 4. The molecule has 0 radical (unpaired) electrons. The number of rotatable bonds is 4. The number of benzene rings is 2. The lowest BCUT2D eigenvalue weighted by atomic mass is 10.2. The summed E-state index contributed by atoms with van der Waals surface area (Å²) in [6, 6.07) is 16.4. The van der Waals surface area contributed by atoms with Crippen LogP contribution in [0.25, 0.3) is 11.0 Å². The lowest BCUT2D eigenvalue weighted by Crippen LogP contribution is -2.19. The molecule has 0 aliphatic carbocycles. The van der Waals surface area contributed by atoms with Gasteiger partial charge in [0.15, 0.2) is 5.76 Å². The highest BCUT2D eigenvalue weighted by Gasteiger charge is 2.08. The van der Waals surface area contributed by atoms with Crippen molar-refractivity contribution in [3.63, 3.8) is 0 Å². The second-order valence-electron chi connectivity index (χ2n) is 5.02. The highest BCUT2D eigenvalue weighted by Crippen LogP contribution is 2.19. The van der Waals surface area contributed by atoms with E-state index >= 15 is 0 Å². The number of hydrogen-bond donors (Lipinski definition) is 1. The smallest absolute Gasteiger partial charge is 0.271 e. The zero-order valence-electron chi connectivity index (χ0n) is 12.9. The third-order valence-electron chi connectivity index (χ3n) is 3.46. The number of nitrogens with one attached hydrogen (secondary N) is 1. The SMILES string of the molecule is COc1ccc(C(=O)N/N=C(/C)c2cc3ccccc3o2)cc1. The van der Waals surface area contributed by atoms with Gasteiger partial charge in [-0.1, -0.05) is 18.2 Å². The molecule has 3 aromatic rings. The lowest BCUT2D eigenvalue weighted by Gasteiger charge is -2.03. The molecule has 3 rings (SSSR count). The molecule has 0 unspecified atom stereocenters. The summed E-state index contributed by atoms with van der Waals surface area (Å²) < 4.78 is 10.8. The molecule has 116 valence electrons. The quantitative estimate of drug-likeness (QED) is 0.591. The van der Waals surface area contributed by atoms with E-state index in [4.69, 9.17) is 9.15 Å². The summed E-state index contributed by atoms with van der Waals surface area (Å²) in [4.78, 5) is 12.1. The molecule has 1 heterocycles. The molecular formula is C18H16N2O3. The highest BCUT2D eigenvalue weighted by molar-refractivity contribution is 6.01. The molecule has 1 N–H and O–H groups in total. The molecule has 1 aromatic heterocycles. The third kappa shape index (κ3) is 3.23. The molecule has 5 nitrogen and oxygen atoms in total. The summed E-state index contributed by atoms with van der Waals surface area (Å²) in [7, 11) is 1.58. The highest BCUT2D eigenvalue weighted by atomic mass is 16.5. The van der Waals surface area contributed by atoms with Crippen molar-refractivity contribution in [2.24, 2.45) is 5.10 Å². The van der Waals surface area contributed by atoms with Crippen molar-refractivity contribution in [2.45, 2.75) is 6.92 Å². The number of methoxy groups -OCH3 is 1. The van der Waals surface area contributed by atoms with Crippen LogP contribution in [0.15, 0.2) is 64.1 Å². The van der Waals surface area contributed by atoms with E-state index in [1.54, 1.807) is 38.3 Å². The van der Waals surface area contributed by atoms with E-state index in [0.29, 0.717) is 22.8 Å². The number of carbonyl (C=O) groups is 1. The van der Waals surface area contributed by atoms with Gasteiger partial charge < -0.3 is 9.15 Å². The van der Waals surface area contributed by atoms with Crippen LogP contribution < -0.4 is 10.2 Å². The molecule has 23 heavy (non-hydrogen) atoms. The summed E-state index contributed by atoms with van der Waals surface area (Å²) in [5, 5.41) is 5.10. The number of ether oxygens (including phenoxy) is 1. The molecule has 0 saturated heterocycles. The fourth-order valence-corrected chi connectivity index (χ4v) is 2.16. The normalized spacial score (nSPS) is 11.5. The van der Waals surface area contributed by atoms with Crippen molar-refractivity contribution in [3.05, 3.63) is 65.9 Å². The van der Waals surface area contributed by atoms with Crippen LogP contribution >= 0.6 is 0 Å². The summed E-state index contributed by atoms with van der Waals surface area (Å²) >= 11 is 0. The van der Waals surface area contributed by atoms with Crippen LogP contribution in [0.4, 0.5) is 0 Å². The second-order valence-corrected chi connectivity index (χ2v) is 5.02. The number of carbonyl (C=O) groups excluding carboxylic acids is 1. The number of amides is 1. The first kappa shape index (κ1) is 14.8. The van der Waals surface area contributed by atoms with Gasteiger partial charge in [0, 0.05) is 10.9 Å². The topological polar surface area (TPSA) is 63.8 Å². The Kier molecular flexibility index (Phi) is 4.10. The van der Waals surface area contributed by atoms with Crippen LogP contribution in [-0.4, -0.2) is 18.7 Å². The number of nitrogens with zero attached hydrogens (tertiary/aromatic N) is 1. The lowest BCUT2D eigenvalue weighted by molar-refractivity contribution is 0.0955. The molecule has 0 aliphatic heterocycles. The van der Waals surface area contributed by atoms with E-state index in [-0.39, 0.29) is 5.91 Å². The maximum atomic E-state index is 12.1. The third-order valence-corrected chi connectivity index (χ3v) is 3.46. The van der Waals surface area contributed by atoms with Gasteiger partial charge in [0.2, 0.25) is 0 Å². The van der Waals surface area contributed by atoms with Crippen LogP contribution in [0.2, 0.25) is 0 Å². The van der Waals surface area contributed by atoms with Gasteiger partial charge in [-0.15, -0.1) is 0 Å². The fraction of sp³-hybridized carbons (Fsp3) is 0.111. The van der Waals surface area contributed by atoms with E-state index in [2.05, 4.69) is 10.5 Å². The van der Waals surface area contributed by atoms with Crippen LogP contribution in [0, 0.1) is 0 Å². The van der Waals surface area contributed by atoms with Crippen LogP contribution in [0.1, 0.15) is 23.0 Å². The molecule has 1 amide bonds. The summed E-state index contributed by atoms with van der Waals surface area (Å²) in [6.07, 6.45) is 0. The largest absolute Gasteiger partial charge is 0.497 e. The van der Waals surface area contributed by atoms with Gasteiger partial charge in [-0.3, -0.25) is 4.79 Å². The Morgan fingerprint density at radius 3 is 2.57 bits per heavy atom. The minimum absolute atomic E-state index is 0.289. The van der Waals surface area contributed by atoms with Crippen molar-refractivity contribution >= 4 is 22.6 Å². The predicted molar refractivity (Wildman–Crippen MR) is 88.9 cm³/mol. The summed E-state index contributed by atoms with van der Waals surface area (Å²) in [5.41, 5.74) is 4.42. The summed E-state index contributed by atoms with van der Waals surface area (Å²) in [5.74, 6) is 1.04. The molecule has 0 bridgehead atoms. The van der Waals surface area contributed by atoms with Gasteiger partial charge in [-0.05, 0) is 43.3 Å². The van der Waals surface area contributed by atoms with Crippen molar-refractivity contribution in [1.29, 1.82) is 0 Å². The van der Waals surface area contributed by atoms with Gasteiger partial charge in [0.05, 0.1) is 7.11 Å². The van der Waals surface area contributed by atoms with Crippen molar-refractivity contribution in [3.8, 4) is 5.75 Å². The molecule has 0 fully saturated rings. The Balaban J connectivity index is 1.74. The van der Waals surface area contributed by atoms with Gasteiger partial charge in [-0.2, -0.15) is 5.10 Å². The fourth-order valence-electron chi connectivity index (χ4n) is 2.16. The molecule has 5 heteroatoms. The zero-order valence-corrected chi connectivity index (χ0v) is 12.9. The molecule has 0 aliphatic rings. The van der Waals surface area contributed by atoms with E-state index < -0.39 is 0 Å². The predicted octanol–water partition coefficient (Wildman–Crippen LogP) is 3.60. The Bertz CT molecular complexity index is 830. The second kappa shape index (κ2) is 6.36. The number of fused-ring (bicyclic) bond motifs is 1. The van der Waals surface area contributed by atoms with Crippen LogP contribution in [-0.2, 0) is 0 Å². The monoisotopic (exact) mass is 308 g/mol. The maximum absolute atomic E-state index is 12.1.